The second kappa shape index (κ2) is 5.56. The third-order valence-electron chi connectivity index (χ3n) is 0.983. The van der Waals surface area contributed by atoms with Crippen LogP contribution in [0.25, 0.3) is 0 Å². The molecule has 0 aromatic rings. The molecule has 0 aromatic heterocycles. The van der Waals surface area contributed by atoms with Gasteiger partial charge in [-0.15, -0.1) is 0 Å². The molecule has 0 aliphatic carbocycles. The number of hydrogen-bond donors (Lipinski definition) is 1. The first kappa shape index (κ1) is 9.78. The van der Waals surface area contributed by atoms with Crippen LogP contribution in [0.3, 0.4) is 0 Å². The molecule has 3 nitrogen and oxygen atoms in total. The second-order valence-corrected chi connectivity index (χ2v) is 3.20. The molecule has 4 heteroatoms. The van der Waals surface area contributed by atoms with E-state index < -0.39 is 11.9 Å². The number of carbonyl (C=O) groups excluding carboxylic acids is 1. The van der Waals surface area contributed by atoms with Crippen molar-refractivity contribution in [2.24, 2.45) is 5.73 Å². The highest BCUT2D eigenvalue weighted by atomic mass is 32.2. The molecule has 1 atom stereocenters. The number of nitrogens with one attached hydrogen (secondary N) is 1. The van der Waals surface area contributed by atoms with E-state index in [1.54, 1.807) is 11.8 Å². The van der Waals surface area contributed by atoms with Crippen molar-refractivity contribution in [1.29, 1.82) is 0 Å². The molecule has 0 heterocycles. The van der Waals surface area contributed by atoms with Gasteiger partial charge in [0.1, 0.15) is 0 Å². The fraction of sp³-hybridized carbons (Fsp3) is 0.833. The van der Waals surface area contributed by atoms with Crippen molar-refractivity contribution in [2.75, 3.05) is 11.5 Å². The van der Waals surface area contributed by atoms with E-state index in [0.29, 0.717) is 5.75 Å². The highest BCUT2D eigenvalue weighted by Crippen LogP contribution is 2.02. The van der Waals surface area contributed by atoms with E-state index in [1.165, 1.54) is 0 Å². The normalized spacial score (nSPS) is 13.0. The zero-order valence-corrected chi connectivity index (χ0v) is 6.91. The van der Waals surface area contributed by atoms with Gasteiger partial charge in [0.15, 0.2) is 0 Å². The second-order valence-electron chi connectivity index (χ2n) is 2.05. The van der Waals surface area contributed by atoms with Crippen LogP contribution in [0.15, 0.2) is 0 Å². The third kappa shape index (κ3) is 4.64. The van der Waals surface area contributed by atoms with Gasteiger partial charge in [0.25, 0.3) is 5.91 Å². The predicted molar refractivity (Wildman–Crippen MR) is 43.7 cm³/mol. The van der Waals surface area contributed by atoms with Crippen LogP contribution in [0.2, 0.25) is 0 Å². The van der Waals surface area contributed by atoms with Crippen molar-refractivity contribution in [1.82, 2.24) is 5.73 Å². The number of hydrogen-bond acceptors (Lipinski definition) is 3. The summed E-state index contributed by atoms with van der Waals surface area (Å²) < 4.78 is 0. The summed E-state index contributed by atoms with van der Waals surface area (Å²) in [4.78, 5) is 10.3. The molecule has 0 fully saturated rings. The van der Waals surface area contributed by atoms with Crippen molar-refractivity contribution in [3.05, 3.63) is 0 Å². The van der Waals surface area contributed by atoms with Crippen LogP contribution in [0.1, 0.15) is 13.3 Å². The summed E-state index contributed by atoms with van der Waals surface area (Å²) in [5, 5.41) is 0. The van der Waals surface area contributed by atoms with E-state index in [-0.39, 0.29) is 0 Å². The van der Waals surface area contributed by atoms with Crippen molar-refractivity contribution < 1.29 is 4.79 Å². The van der Waals surface area contributed by atoms with E-state index in [1.807, 2.05) is 0 Å². The molecule has 1 radical (unpaired) electrons. The Bertz CT molecular complexity index is 108. The first-order valence-electron chi connectivity index (χ1n) is 3.27. The van der Waals surface area contributed by atoms with Gasteiger partial charge in [0.2, 0.25) is 0 Å². The van der Waals surface area contributed by atoms with Gasteiger partial charge < -0.3 is 5.73 Å². The van der Waals surface area contributed by atoms with Gasteiger partial charge in [-0.1, -0.05) is 6.92 Å². The van der Waals surface area contributed by atoms with Crippen molar-refractivity contribution in [3.63, 3.8) is 0 Å². The van der Waals surface area contributed by atoms with E-state index >= 15 is 0 Å². The number of rotatable bonds is 5. The molecular formula is C6H13N2OS. The summed E-state index contributed by atoms with van der Waals surface area (Å²) in [7, 11) is 0. The lowest BCUT2D eigenvalue weighted by Gasteiger charge is -2.03. The molecule has 0 aromatic carbocycles. The number of carbonyl (C=O) groups is 1. The minimum atomic E-state index is -0.663. The van der Waals surface area contributed by atoms with Crippen LogP contribution in [-0.4, -0.2) is 23.5 Å². The van der Waals surface area contributed by atoms with Gasteiger partial charge >= 0.3 is 0 Å². The maximum atomic E-state index is 10.3. The van der Waals surface area contributed by atoms with Crippen molar-refractivity contribution in [2.45, 2.75) is 19.4 Å². The summed E-state index contributed by atoms with van der Waals surface area (Å²) >= 11 is 1.62. The van der Waals surface area contributed by atoms with Gasteiger partial charge in [-0.25, -0.2) is 0 Å². The Kier molecular flexibility index (Phi) is 5.43. The lowest BCUT2D eigenvalue weighted by atomic mass is 10.3. The fourth-order valence-electron chi connectivity index (χ4n) is 0.430. The Morgan fingerprint density at radius 1 is 1.80 bits per heavy atom. The quantitative estimate of drug-likeness (QED) is 0.588. The molecule has 59 valence electrons. The minimum Gasteiger partial charge on any atom is -0.319 e. The van der Waals surface area contributed by atoms with Crippen molar-refractivity contribution >= 4 is 17.7 Å². The largest absolute Gasteiger partial charge is 0.319 e. The molecule has 0 bridgehead atoms. The monoisotopic (exact) mass is 161 g/mol. The van der Waals surface area contributed by atoms with E-state index in [9.17, 15) is 4.79 Å². The summed E-state index contributed by atoms with van der Waals surface area (Å²) in [6.07, 6.45) is 1.09. The topological polar surface area (TPSA) is 66.9 Å². The number of thioether (sulfide) groups is 1. The molecule has 0 rings (SSSR count). The van der Waals surface area contributed by atoms with Gasteiger partial charge in [0.05, 0.1) is 6.04 Å². The Balaban J connectivity index is 3.21. The van der Waals surface area contributed by atoms with E-state index in [4.69, 9.17) is 11.5 Å². The molecule has 10 heavy (non-hydrogen) atoms. The average Bonchev–Trinajstić information content (AvgIpc) is 1.88. The zero-order chi connectivity index (χ0) is 7.98. The lowest BCUT2D eigenvalue weighted by Crippen LogP contribution is -2.33. The molecular weight excluding hydrogens is 148 g/mol. The van der Waals surface area contributed by atoms with Gasteiger partial charge in [-0.3, -0.25) is 10.5 Å². The van der Waals surface area contributed by atoms with Gasteiger partial charge in [0, 0.05) is 5.75 Å². The Hall–Kier alpha value is -0.220. The maximum absolute atomic E-state index is 10.3. The maximum Gasteiger partial charge on any atom is 0.256 e. The minimum absolute atomic E-state index is 0.580. The molecule has 1 amide bonds. The number of amides is 1. The summed E-state index contributed by atoms with van der Waals surface area (Å²) in [6.45, 7) is 2.07. The summed E-state index contributed by atoms with van der Waals surface area (Å²) in [6, 6.07) is -0.587. The highest BCUT2D eigenvalue weighted by molar-refractivity contribution is 7.99. The molecule has 0 aliphatic rings. The summed E-state index contributed by atoms with van der Waals surface area (Å²) in [5.74, 6) is 0.931. The first-order chi connectivity index (χ1) is 4.68. The Morgan fingerprint density at radius 2 is 2.40 bits per heavy atom. The van der Waals surface area contributed by atoms with E-state index in [2.05, 4.69) is 6.92 Å². The average molecular weight is 161 g/mol. The van der Waals surface area contributed by atoms with E-state index in [0.717, 1.165) is 12.2 Å². The molecule has 0 aliphatic heterocycles. The smallest absolute Gasteiger partial charge is 0.256 e. The molecule has 0 spiro atoms. The van der Waals surface area contributed by atoms with Crippen LogP contribution in [0.4, 0.5) is 0 Å². The molecule has 3 N–H and O–H groups in total. The van der Waals surface area contributed by atoms with Crippen LogP contribution in [-0.2, 0) is 4.79 Å². The van der Waals surface area contributed by atoms with Gasteiger partial charge in [-0.05, 0) is 12.2 Å². The Labute approximate surface area is 65.5 Å². The SMILES string of the molecule is CCCSCC(N)C([NH])=O. The summed E-state index contributed by atoms with van der Waals surface area (Å²) in [5.41, 5.74) is 11.9. The van der Waals surface area contributed by atoms with Crippen LogP contribution < -0.4 is 11.5 Å². The lowest BCUT2D eigenvalue weighted by molar-refractivity contribution is -0.119. The highest BCUT2D eigenvalue weighted by Gasteiger charge is 2.08. The zero-order valence-electron chi connectivity index (χ0n) is 6.09. The standard InChI is InChI=1S/C6H13N2OS/c1-2-3-10-4-5(7)6(8)9/h5,8H,2-4,7H2,1H3. The van der Waals surface area contributed by atoms with Gasteiger partial charge in [-0.2, -0.15) is 11.8 Å². The van der Waals surface area contributed by atoms with Crippen molar-refractivity contribution in [3.8, 4) is 0 Å². The van der Waals surface area contributed by atoms with Crippen LogP contribution >= 0.6 is 11.8 Å². The molecule has 1 unspecified atom stereocenters. The molecule has 0 saturated carbocycles. The third-order valence-corrected chi connectivity index (χ3v) is 2.27. The predicted octanol–water partition coefficient (Wildman–Crippen LogP) is 0.266. The first-order valence-corrected chi connectivity index (χ1v) is 4.42. The number of nitrogens with two attached hydrogens (primary N) is 1. The Morgan fingerprint density at radius 3 is 2.80 bits per heavy atom. The van der Waals surface area contributed by atoms with Crippen LogP contribution in [0, 0.1) is 0 Å². The fourth-order valence-corrected chi connectivity index (χ4v) is 1.29. The van der Waals surface area contributed by atoms with Crippen LogP contribution in [0.5, 0.6) is 0 Å². The molecule has 0 saturated heterocycles.